The number of ether oxygens (including phenoxy) is 2. The molecule has 0 saturated heterocycles. The van der Waals surface area contributed by atoms with Crippen LogP contribution in [-0.4, -0.2) is 22.6 Å². The van der Waals surface area contributed by atoms with Gasteiger partial charge in [-0.1, -0.05) is 31.2 Å². The van der Waals surface area contributed by atoms with Crippen molar-refractivity contribution in [1.29, 1.82) is 0 Å². The molecule has 2 rings (SSSR count). The van der Waals surface area contributed by atoms with Crippen LogP contribution in [0.3, 0.4) is 0 Å². The van der Waals surface area contributed by atoms with E-state index in [9.17, 15) is 8.42 Å². The first kappa shape index (κ1) is 18.3. The second-order valence-corrected chi connectivity index (χ2v) is 7.14. The molecule has 0 aliphatic heterocycles. The Morgan fingerprint density at radius 2 is 1.71 bits per heavy atom. The zero-order valence-corrected chi connectivity index (χ0v) is 15.2. The van der Waals surface area contributed by atoms with Crippen LogP contribution in [0.1, 0.15) is 31.0 Å². The molecule has 0 bridgehead atoms. The first-order chi connectivity index (χ1) is 11.4. The van der Waals surface area contributed by atoms with Crippen molar-refractivity contribution in [1.82, 2.24) is 4.72 Å². The van der Waals surface area contributed by atoms with Crippen LogP contribution in [0.5, 0.6) is 11.5 Å². The van der Waals surface area contributed by atoms with Crippen LogP contribution in [0, 0.1) is 0 Å². The highest BCUT2D eigenvalue weighted by Gasteiger charge is 2.23. The summed E-state index contributed by atoms with van der Waals surface area (Å²) in [6, 6.07) is 12.2. The van der Waals surface area contributed by atoms with Gasteiger partial charge in [0.2, 0.25) is 10.0 Å². The van der Waals surface area contributed by atoms with E-state index < -0.39 is 10.0 Å². The minimum atomic E-state index is -3.75. The van der Waals surface area contributed by atoms with Gasteiger partial charge in [-0.05, 0) is 36.6 Å². The zero-order chi connectivity index (χ0) is 17.7. The lowest BCUT2D eigenvalue weighted by Gasteiger charge is -2.17. The van der Waals surface area contributed by atoms with E-state index in [4.69, 9.17) is 9.47 Å². The van der Waals surface area contributed by atoms with Crippen LogP contribution < -0.4 is 14.2 Å². The van der Waals surface area contributed by atoms with Gasteiger partial charge in [0.1, 0.15) is 16.4 Å². The topological polar surface area (TPSA) is 64.6 Å². The Bertz CT molecular complexity index is 785. The van der Waals surface area contributed by atoms with Gasteiger partial charge in [0.15, 0.2) is 0 Å². The molecule has 0 saturated carbocycles. The summed E-state index contributed by atoms with van der Waals surface area (Å²) in [4.78, 5) is 0.0568. The number of rotatable bonds is 7. The van der Waals surface area contributed by atoms with Crippen LogP contribution >= 0.6 is 0 Å². The van der Waals surface area contributed by atoms with E-state index in [2.05, 4.69) is 11.6 Å². The number of sulfonamides is 1. The van der Waals surface area contributed by atoms with Gasteiger partial charge < -0.3 is 9.47 Å². The summed E-state index contributed by atoms with van der Waals surface area (Å²) >= 11 is 0. The number of hydrogen-bond donors (Lipinski definition) is 1. The highest BCUT2D eigenvalue weighted by atomic mass is 32.2. The van der Waals surface area contributed by atoms with Crippen LogP contribution in [0.25, 0.3) is 0 Å². The molecule has 0 aliphatic carbocycles. The van der Waals surface area contributed by atoms with Crippen molar-refractivity contribution in [2.75, 3.05) is 14.2 Å². The van der Waals surface area contributed by atoms with Crippen LogP contribution in [0.4, 0.5) is 0 Å². The Morgan fingerprint density at radius 3 is 2.25 bits per heavy atom. The van der Waals surface area contributed by atoms with Gasteiger partial charge >= 0.3 is 0 Å². The number of aryl methyl sites for hydroxylation is 1. The number of nitrogens with one attached hydrogen (secondary N) is 1. The summed E-state index contributed by atoms with van der Waals surface area (Å²) in [5, 5.41) is 0. The second-order valence-electron chi connectivity index (χ2n) is 5.45. The van der Waals surface area contributed by atoms with Gasteiger partial charge in [0, 0.05) is 12.1 Å². The van der Waals surface area contributed by atoms with Crippen molar-refractivity contribution in [3.8, 4) is 11.5 Å². The zero-order valence-electron chi connectivity index (χ0n) is 14.4. The fourth-order valence-electron chi connectivity index (χ4n) is 2.40. The molecule has 0 spiro atoms. The average Bonchev–Trinajstić information content (AvgIpc) is 2.60. The highest BCUT2D eigenvalue weighted by Crippen LogP contribution is 2.29. The van der Waals surface area contributed by atoms with Crippen molar-refractivity contribution in [3.63, 3.8) is 0 Å². The molecule has 0 fully saturated rings. The summed E-state index contributed by atoms with van der Waals surface area (Å²) < 4.78 is 38.5. The van der Waals surface area contributed by atoms with E-state index >= 15 is 0 Å². The number of methoxy groups -OCH3 is 2. The van der Waals surface area contributed by atoms with E-state index in [0.29, 0.717) is 5.75 Å². The lowest BCUT2D eigenvalue weighted by molar-refractivity contribution is 0.391. The minimum absolute atomic E-state index is 0.0568. The predicted molar refractivity (Wildman–Crippen MR) is 94.1 cm³/mol. The third kappa shape index (κ3) is 4.07. The van der Waals surface area contributed by atoms with Crippen LogP contribution in [0.15, 0.2) is 47.4 Å². The standard InChI is InChI=1S/C18H23NO4S/c1-5-14-6-8-15(9-7-14)13(2)19-24(20,21)18-12-16(22-3)10-11-17(18)23-4/h6-13,19H,5H2,1-4H3/t13-/m1/s1. The van der Waals surface area contributed by atoms with Gasteiger partial charge in [-0.2, -0.15) is 0 Å². The third-order valence-corrected chi connectivity index (χ3v) is 5.44. The summed E-state index contributed by atoms with van der Waals surface area (Å²) in [5.41, 5.74) is 2.11. The molecular formula is C18H23NO4S. The van der Waals surface area contributed by atoms with E-state index in [1.165, 1.54) is 25.8 Å². The maximum atomic E-state index is 12.7. The Kier molecular flexibility index (Phi) is 5.85. The molecule has 2 aromatic carbocycles. The molecule has 24 heavy (non-hydrogen) atoms. The summed E-state index contributed by atoms with van der Waals surface area (Å²) in [5.74, 6) is 0.730. The van der Waals surface area contributed by atoms with Gasteiger partial charge in [-0.3, -0.25) is 0 Å². The van der Waals surface area contributed by atoms with Crippen molar-refractivity contribution in [3.05, 3.63) is 53.6 Å². The largest absolute Gasteiger partial charge is 0.497 e. The maximum Gasteiger partial charge on any atom is 0.244 e. The van der Waals surface area contributed by atoms with Crippen LogP contribution in [-0.2, 0) is 16.4 Å². The summed E-state index contributed by atoms with van der Waals surface area (Å²) in [7, 11) is -0.826. The van der Waals surface area contributed by atoms with Crippen molar-refractivity contribution >= 4 is 10.0 Å². The summed E-state index contributed by atoms with van der Waals surface area (Å²) in [6.45, 7) is 3.89. The molecule has 0 unspecified atom stereocenters. The Labute approximate surface area is 143 Å². The molecule has 0 heterocycles. The predicted octanol–water partition coefficient (Wildman–Crippen LogP) is 3.31. The Morgan fingerprint density at radius 1 is 1.04 bits per heavy atom. The monoisotopic (exact) mass is 349 g/mol. The molecule has 0 aromatic heterocycles. The van der Waals surface area contributed by atoms with Crippen molar-refractivity contribution in [2.24, 2.45) is 0 Å². The molecule has 5 nitrogen and oxygen atoms in total. The van der Waals surface area contributed by atoms with E-state index in [0.717, 1.165) is 12.0 Å². The lowest BCUT2D eigenvalue weighted by atomic mass is 10.1. The van der Waals surface area contributed by atoms with Gasteiger partial charge in [-0.25, -0.2) is 13.1 Å². The second kappa shape index (κ2) is 7.68. The molecular weight excluding hydrogens is 326 g/mol. The quantitative estimate of drug-likeness (QED) is 0.833. The minimum Gasteiger partial charge on any atom is -0.497 e. The SMILES string of the molecule is CCc1ccc([C@@H](C)NS(=O)(=O)c2cc(OC)ccc2OC)cc1. The van der Waals surface area contributed by atoms with Gasteiger partial charge in [0.05, 0.1) is 14.2 Å². The first-order valence-corrected chi connectivity index (χ1v) is 9.22. The van der Waals surface area contributed by atoms with E-state index in [-0.39, 0.29) is 16.7 Å². The average molecular weight is 349 g/mol. The molecule has 0 amide bonds. The summed E-state index contributed by atoms with van der Waals surface area (Å²) in [6.07, 6.45) is 0.946. The molecule has 1 atom stereocenters. The molecule has 0 radical (unpaired) electrons. The Balaban J connectivity index is 2.29. The third-order valence-electron chi connectivity index (χ3n) is 3.88. The van der Waals surface area contributed by atoms with Gasteiger partial charge in [0.25, 0.3) is 0 Å². The van der Waals surface area contributed by atoms with E-state index in [1.54, 1.807) is 12.1 Å². The van der Waals surface area contributed by atoms with Gasteiger partial charge in [-0.15, -0.1) is 0 Å². The van der Waals surface area contributed by atoms with E-state index in [1.807, 2.05) is 31.2 Å². The lowest BCUT2D eigenvalue weighted by Crippen LogP contribution is -2.27. The van der Waals surface area contributed by atoms with Crippen molar-refractivity contribution in [2.45, 2.75) is 31.2 Å². The molecule has 6 heteroatoms. The molecule has 0 aliphatic rings. The molecule has 1 N–H and O–H groups in total. The molecule has 130 valence electrons. The first-order valence-electron chi connectivity index (χ1n) is 7.74. The fraction of sp³-hybridized carbons (Fsp3) is 0.333. The highest BCUT2D eigenvalue weighted by molar-refractivity contribution is 7.89. The normalized spacial score (nSPS) is 12.7. The Hall–Kier alpha value is -2.05. The van der Waals surface area contributed by atoms with Crippen LogP contribution in [0.2, 0.25) is 0 Å². The smallest absolute Gasteiger partial charge is 0.244 e. The number of hydrogen-bond acceptors (Lipinski definition) is 4. The number of benzene rings is 2. The van der Waals surface area contributed by atoms with Crippen molar-refractivity contribution < 1.29 is 17.9 Å². The molecule has 2 aromatic rings. The fourth-order valence-corrected chi connectivity index (χ4v) is 3.82. The maximum absolute atomic E-state index is 12.7.